The highest BCUT2D eigenvalue weighted by molar-refractivity contribution is 7.19. The summed E-state index contributed by atoms with van der Waals surface area (Å²) in [6.07, 6.45) is 2.16. The molecule has 0 saturated heterocycles. The summed E-state index contributed by atoms with van der Waals surface area (Å²) in [4.78, 5) is 9.46. The number of pyridine rings is 1. The Labute approximate surface area is 134 Å². The van der Waals surface area contributed by atoms with Gasteiger partial charge in [-0.3, -0.25) is 0 Å². The molecule has 2 aromatic rings. The van der Waals surface area contributed by atoms with Gasteiger partial charge in [0, 0.05) is 24.1 Å². The Kier molecular flexibility index (Phi) is 2.84. The fraction of sp³-hybridized carbons (Fsp3) is 0.389. The molecule has 22 heavy (non-hydrogen) atoms. The highest BCUT2D eigenvalue weighted by Crippen LogP contribution is 2.56. The quantitative estimate of drug-likeness (QED) is 0.684. The van der Waals surface area contributed by atoms with Crippen LogP contribution < -0.4 is 9.80 Å². The molecule has 0 bridgehead atoms. The maximum Gasteiger partial charge on any atom is 0.158 e. The molecule has 4 rings (SSSR count). The van der Waals surface area contributed by atoms with Gasteiger partial charge in [0.25, 0.3) is 0 Å². The van der Waals surface area contributed by atoms with Crippen LogP contribution in [0.3, 0.4) is 0 Å². The van der Waals surface area contributed by atoms with E-state index in [0.29, 0.717) is 5.92 Å². The van der Waals surface area contributed by atoms with Crippen LogP contribution >= 0.6 is 9.24 Å². The van der Waals surface area contributed by atoms with Gasteiger partial charge in [0.2, 0.25) is 0 Å². The normalized spacial score (nSPS) is 29.1. The Balaban J connectivity index is 2.02. The van der Waals surface area contributed by atoms with Crippen LogP contribution in [0.15, 0.2) is 36.5 Å². The van der Waals surface area contributed by atoms with E-state index in [4.69, 9.17) is 0 Å². The molecule has 2 aliphatic rings. The minimum Gasteiger partial charge on any atom is -0.350 e. The second kappa shape index (κ2) is 4.45. The average molecular weight is 311 g/mol. The van der Waals surface area contributed by atoms with Crippen molar-refractivity contribution < 1.29 is 0 Å². The van der Waals surface area contributed by atoms with Crippen LogP contribution in [0.1, 0.15) is 30.9 Å². The Hall–Kier alpha value is -1.60. The minimum absolute atomic E-state index is 0.0518. The van der Waals surface area contributed by atoms with Gasteiger partial charge in [-0.05, 0) is 36.6 Å². The van der Waals surface area contributed by atoms with E-state index in [9.17, 15) is 0 Å². The highest BCUT2D eigenvalue weighted by Gasteiger charge is 2.52. The lowest BCUT2D eigenvalue weighted by molar-refractivity contribution is 0.421. The Bertz CT molecular complexity index is 756. The lowest BCUT2D eigenvalue weighted by Gasteiger charge is -2.50. The fourth-order valence-electron chi connectivity index (χ4n) is 4.01. The van der Waals surface area contributed by atoms with Gasteiger partial charge in [-0.25, -0.2) is 4.98 Å². The predicted octanol–water partition coefficient (Wildman–Crippen LogP) is 4.05. The van der Waals surface area contributed by atoms with Gasteiger partial charge in [0.15, 0.2) is 5.82 Å². The standard InChI is InChI=1S/C18H22N3P/c1-11-7-8-14-13(10-11)12(2)18(3,22)17-20(4)15-6-5-9-19-16(15)21(14)17/h5-10,12,17H,22H2,1-4H3. The molecule has 0 amide bonds. The molecular formula is C18H22N3P. The third kappa shape index (κ3) is 1.63. The number of anilines is 3. The maximum absolute atomic E-state index is 4.68. The molecule has 0 N–H and O–H groups in total. The summed E-state index contributed by atoms with van der Waals surface area (Å²) in [6.45, 7) is 6.85. The van der Waals surface area contributed by atoms with Crippen LogP contribution in [0.5, 0.6) is 0 Å². The summed E-state index contributed by atoms with van der Waals surface area (Å²) < 4.78 is 0. The SMILES string of the molecule is Cc1ccc2c(c1)C(C)C(C)(P)C1N(C)c3cccnc3N21. The van der Waals surface area contributed by atoms with Crippen molar-refractivity contribution in [2.24, 2.45) is 0 Å². The summed E-state index contributed by atoms with van der Waals surface area (Å²) in [5.41, 5.74) is 5.24. The summed E-state index contributed by atoms with van der Waals surface area (Å²) in [5.74, 6) is 1.53. The van der Waals surface area contributed by atoms with Crippen molar-refractivity contribution in [3.63, 3.8) is 0 Å². The van der Waals surface area contributed by atoms with E-state index in [-0.39, 0.29) is 11.3 Å². The molecule has 3 heterocycles. The monoisotopic (exact) mass is 311 g/mol. The molecule has 2 aliphatic heterocycles. The molecular weight excluding hydrogens is 289 g/mol. The topological polar surface area (TPSA) is 19.4 Å². The van der Waals surface area contributed by atoms with E-state index >= 15 is 0 Å². The molecule has 1 aromatic carbocycles. The van der Waals surface area contributed by atoms with Crippen molar-refractivity contribution in [1.29, 1.82) is 0 Å². The number of hydrogen-bond acceptors (Lipinski definition) is 3. The number of hydrogen-bond donors (Lipinski definition) is 0. The molecule has 4 heteroatoms. The van der Waals surface area contributed by atoms with Crippen molar-refractivity contribution in [2.75, 3.05) is 16.8 Å². The smallest absolute Gasteiger partial charge is 0.158 e. The van der Waals surface area contributed by atoms with E-state index in [0.717, 1.165) is 5.82 Å². The van der Waals surface area contributed by atoms with Gasteiger partial charge < -0.3 is 9.80 Å². The Morgan fingerprint density at radius 1 is 1.23 bits per heavy atom. The first-order chi connectivity index (χ1) is 10.4. The molecule has 0 fully saturated rings. The molecule has 4 unspecified atom stereocenters. The zero-order valence-electron chi connectivity index (χ0n) is 13.5. The second-order valence-electron chi connectivity index (χ2n) is 6.85. The van der Waals surface area contributed by atoms with Crippen LogP contribution in [0.2, 0.25) is 0 Å². The van der Waals surface area contributed by atoms with Crippen molar-refractivity contribution in [3.8, 4) is 0 Å². The average Bonchev–Trinajstić information content (AvgIpc) is 2.80. The lowest BCUT2D eigenvalue weighted by atomic mass is 9.80. The van der Waals surface area contributed by atoms with E-state index in [1.807, 2.05) is 12.3 Å². The fourth-order valence-corrected chi connectivity index (χ4v) is 4.56. The van der Waals surface area contributed by atoms with E-state index in [2.05, 4.69) is 76.1 Å². The lowest BCUT2D eigenvalue weighted by Crippen LogP contribution is -2.57. The molecule has 0 spiro atoms. The van der Waals surface area contributed by atoms with Gasteiger partial charge in [0.1, 0.15) is 6.17 Å². The Morgan fingerprint density at radius 3 is 2.77 bits per heavy atom. The summed E-state index contributed by atoms with van der Waals surface area (Å²) in [5, 5.41) is 0.0518. The number of fused-ring (bicyclic) bond motifs is 5. The Morgan fingerprint density at radius 2 is 2.00 bits per heavy atom. The molecule has 0 aliphatic carbocycles. The van der Waals surface area contributed by atoms with E-state index < -0.39 is 0 Å². The predicted molar refractivity (Wildman–Crippen MR) is 96.3 cm³/mol. The molecule has 114 valence electrons. The van der Waals surface area contributed by atoms with Crippen molar-refractivity contribution in [3.05, 3.63) is 47.7 Å². The van der Waals surface area contributed by atoms with Crippen LogP contribution in [0, 0.1) is 6.92 Å². The minimum atomic E-state index is 0.0518. The summed E-state index contributed by atoms with van der Waals surface area (Å²) in [6, 6.07) is 11.0. The van der Waals surface area contributed by atoms with Crippen LogP contribution in [0.4, 0.5) is 17.2 Å². The highest BCUT2D eigenvalue weighted by atomic mass is 31.0. The number of benzene rings is 1. The van der Waals surface area contributed by atoms with Gasteiger partial charge in [-0.15, -0.1) is 9.24 Å². The van der Waals surface area contributed by atoms with Crippen molar-refractivity contribution in [1.82, 2.24) is 4.98 Å². The number of aryl methyl sites for hydroxylation is 1. The van der Waals surface area contributed by atoms with E-state index in [1.165, 1.54) is 22.5 Å². The zero-order chi connectivity index (χ0) is 15.6. The van der Waals surface area contributed by atoms with Gasteiger partial charge >= 0.3 is 0 Å². The first-order valence-corrected chi connectivity index (χ1v) is 8.37. The second-order valence-corrected chi connectivity index (χ2v) is 8.09. The van der Waals surface area contributed by atoms with Crippen LogP contribution in [0.25, 0.3) is 0 Å². The largest absolute Gasteiger partial charge is 0.350 e. The van der Waals surface area contributed by atoms with Gasteiger partial charge in [-0.1, -0.05) is 31.5 Å². The molecule has 4 atom stereocenters. The first kappa shape index (κ1) is 14.0. The molecule has 1 aromatic heterocycles. The number of rotatable bonds is 0. The summed E-state index contributed by atoms with van der Waals surface area (Å²) >= 11 is 0. The van der Waals surface area contributed by atoms with Crippen molar-refractivity contribution in [2.45, 2.75) is 38.0 Å². The van der Waals surface area contributed by atoms with Crippen molar-refractivity contribution >= 4 is 26.4 Å². The molecule has 0 radical (unpaired) electrons. The van der Waals surface area contributed by atoms with Gasteiger partial charge in [-0.2, -0.15) is 0 Å². The summed E-state index contributed by atoms with van der Waals surface area (Å²) in [7, 11) is 5.30. The van der Waals surface area contributed by atoms with E-state index in [1.54, 1.807) is 0 Å². The van der Waals surface area contributed by atoms with Crippen LogP contribution in [-0.4, -0.2) is 23.4 Å². The maximum atomic E-state index is 4.68. The zero-order valence-corrected chi connectivity index (χ0v) is 14.7. The molecule has 0 saturated carbocycles. The third-order valence-electron chi connectivity index (χ3n) is 5.38. The number of nitrogens with zero attached hydrogens (tertiary/aromatic N) is 3. The third-order valence-corrected chi connectivity index (χ3v) is 6.18. The van der Waals surface area contributed by atoms with Gasteiger partial charge in [0.05, 0.1) is 5.69 Å². The first-order valence-electron chi connectivity index (χ1n) is 7.79. The molecule has 3 nitrogen and oxygen atoms in total. The number of aromatic nitrogens is 1. The van der Waals surface area contributed by atoms with Crippen LogP contribution in [-0.2, 0) is 0 Å².